The van der Waals surface area contributed by atoms with E-state index in [1.54, 1.807) is 18.0 Å². The fourth-order valence-corrected chi connectivity index (χ4v) is 2.82. The summed E-state index contributed by atoms with van der Waals surface area (Å²) in [6.07, 6.45) is 1.62. The van der Waals surface area contributed by atoms with E-state index in [-0.39, 0.29) is 0 Å². The Bertz CT molecular complexity index is 578. The van der Waals surface area contributed by atoms with Crippen LogP contribution in [-0.4, -0.2) is 21.9 Å². The van der Waals surface area contributed by atoms with E-state index in [2.05, 4.69) is 42.1 Å². The maximum absolute atomic E-state index is 5.23. The third kappa shape index (κ3) is 2.07. The van der Waals surface area contributed by atoms with Crippen LogP contribution in [0, 0.1) is 4.77 Å². The van der Waals surface area contributed by atoms with Crippen LogP contribution >= 0.6 is 44.1 Å². The minimum absolute atomic E-state index is 0.532. The molecule has 1 aromatic heterocycles. The lowest BCUT2D eigenvalue weighted by Gasteiger charge is -2.09. The zero-order chi connectivity index (χ0) is 11.7. The molecule has 1 aromatic carbocycles. The summed E-state index contributed by atoms with van der Waals surface area (Å²) in [7, 11) is 1.62. The number of nitrogens with one attached hydrogen (secondary N) is 1. The molecule has 0 saturated carbocycles. The Hall–Kier alpha value is -0.660. The molecule has 0 amide bonds. The van der Waals surface area contributed by atoms with Crippen molar-refractivity contribution in [2.75, 3.05) is 7.11 Å². The quantitative estimate of drug-likeness (QED) is 0.830. The van der Waals surface area contributed by atoms with Gasteiger partial charge in [-0.25, -0.2) is 0 Å². The van der Waals surface area contributed by atoms with Gasteiger partial charge in [0.05, 0.1) is 17.3 Å². The van der Waals surface area contributed by atoms with Crippen LogP contribution in [0.25, 0.3) is 5.69 Å². The molecule has 0 saturated heterocycles. The normalized spacial score (nSPS) is 10.4. The number of hydrogen-bond donors (Lipinski definition) is 1. The fraction of sp³-hybridized carbons (Fsp3) is 0.111. The van der Waals surface area contributed by atoms with Crippen LogP contribution in [0.5, 0.6) is 5.75 Å². The van der Waals surface area contributed by atoms with Gasteiger partial charge in [-0.3, -0.25) is 9.67 Å². The molecule has 0 radical (unpaired) electrons. The van der Waals surface area contributed by atoms with E-state index in [1.807, 2.05) is 12.1 Å². The first-order valence-electron chi connectivity index (χ1n) is 4.29. The highest BCUT2D eigenvalue weighted by Crippen LogP contribution is 2.33. The van der Waals surface area contributed by atoms with Gasteiger partial charge in [0.25, 0.3) is 0 Å². The molecule has 0 atom stereocenters. The number of halogens is 2. The molecule has 2 rings (SSSR count). The number of aromatic amines is 1. The van der Waals surface area contributed by atoms with Crippen molar-refractivity contribution in [1.82, 2.24) is 14.8 Å². The minimum Gasteiger partial charge on any atom is -0.495 e. The SMILES string of the molecule is COc1cc(-n2cn[nH]c2=S)c(Br)cc1Br. The van der Waals surface area contributed by atoms with Crippen molar-refractivity contribution in [1.29, 1.82) is 0 Å². The van der Waals surface area contributed by atoms with E-state index in [1.165, 1.54) is 0 Å². The largest absolute Gasteiger partial charge is 0.495 e. The smallest absolute Gasteiger partial charge is 0.199 e. The topological polar surface area (TPSA) is 42.8 Å². The van der Waals surface area contributed by atoms with Gasteiger partial charge in [0.15, 0.2) is 4.77 Å². The summed E-state index contributed by atoms with van der Waals surface area (Å²) < 4.78 is 9.30. The Labute approximate surface area is 114 Å². The van der Waals surface area contributed by atoms with Crippen LogP contribution in [0.2, 0.25) is 0 Å². The third-order valence-electron chi connectivity index (χ3n) is 2.03. The van der Waals surface area contributed by atoms with Crippen LogP contribution in [-0.2, 0) is 0 Å². The predicted molar refractivity (Wildman–Crippen MR) is 70.7 cm³/mol. The molecule has 7 heteroatoms. The lowest BCUT2D eigenvalue weighted by atomic mass is 10.3. The Morgan fingerprint density at radius 1 is 1.38 bits per heavy atom. The summed E-state index contributed by atoms with van der Waals surface area (Å²) in [5, 5.41) is 6.58. The molecule has 4 nitrogen and oxygen atoms in total. The third-order valence-corrected chi connectivity index (χ3v) is 3.58. The van der Waals surface area contributed by atoms with Crippen LogP contribution in [0.3, 0.4) is 0 Å². The average molecular weight is 365 g/mol. The molecule has 0 fully saturated rings. The Kier molecular flexibility index (Phi) is 3.46. The highest BCUT2D eigenvalue weighted by atomic mass is 79.9. The number of hydrogen-bond acceptors (Lipinski definition) is 3. The summed E-state index contributed by atoms with van der Waals surface area (Å²) in [6.45, 7) is 0. The summed E-state index contributed by atoms with van der Waals surface area (Å²) in [4.78, 5) is 0. The molecule has 0 unspecified atom stereocenters. The van der Waals surface area contributed by atoms with Crippen LogP contribution in [0.15, 0.2) is 27.4 Å². The summed E-state index contributed by atoms with van der Waals surface area (Å²) in [6, 6.07) is 3.78. The number of H-pyrrole nitrogens is 1. The van der Waals surface area contributed by atoms with E-state index >= 15 is 0 Å². The van der Waals surface area contributed by atoms with Crippen LogP contribution < -0.4 is 4.74 Å². The first-order chi connectivity index (χ1) is 7.63. The zero-order valence-electron chi connectivity index (χ0n) is 8.20. The number of nitrogens with zero attached hydrogens (tertiary/aromatic N) is 2. The molecule has 2 aromatic rings. The fourth-order valence-electron chi connectivity index (χ4n) is 1.28. The van der Waals surface area contributed by atoms with Gasteiger partial charge >= 0.3 is 0 Å². The molecule has 0 spiro atoms. The van der Waals surface area contributed by atoms with Crippen molar-refractivity contribution in [2.45, 2.75) is 0 Å². The predicted octanol–water partition coefficient (Wildman–Crippen LogP) is 3.46. The van der Waals surface area contributed by atoms with Crippen LogP contribution in [0.4, 0.5) is 0 Å². The average Bonchev–Trinajstić information content (AvgIpc) is 2.65. The van der Waals surface area contributed by atoms with Gasteiger partial charge < -0.3 is 4.74 Å². The second-order valence-corrected chi connectivity index (χ2v) is 5.07. The highest BCUT2D eigenvalue weighted by molar-refractivity contribution is 9.11. The maximum Gasteiger partial charge on any atom is 0.199 e. The van der Waals surface area contributed by atoms with E-state index in [0.717, 1.165) is 20.4 Å². The Balaban J connectivity index is 2.66. The molecular weight excluding hydrogens is 358 g/mol. The van der Waals surface area contributed by atoms with Gasteiger partial charge in [-0.05, 0) is 50.1 Å². The number of benzene rings is 1. The second-order valence-electron chi connectivity index (χ2n) is 2.97. The Morgan fingerprint density at radius 2 is 2.12 bits per heavy atom. The van der Waals surface area contributed by atoms with Crippen molar-refractivity contribution in [2.24, 2.45) is 0 Å². The minimum atomic E-state index is 0.532. The standard InChI is InChI=1S/C9H7Br2N3OS/c1-15-8-3-7(5(10)2-6(8)11)14-4-12-13-9(14)16/h2-4H,1H3,(H,13,16). The number of ether oxygens (including phenoxy) is 1. The highest BCUT2D eigenvalue weighted by Gasteiger charge is 2.09. The van der Waals surface area contributed by atoms with Crippen molar-refractivity contribution in [3.8, 4) is 11.4 Å². The lowest BCUT2D eigenvalue weighted by Crippen LogP contribution is -1.95. The second kappa shape index (κ2) is 4.68. The molecule has 16 heavy (non-hydrogen) atoms. The Morgan fingerprint density at radius 3 is 2.69 bits per heavy atom. The first-order valence-corrected chi connectivity index (χ1v) is 6.28. The molecule has 84 valence electrons. The van der Waals surface area contributed by atoms with Gasteiger partial charge in [-0.15, -0.1) is 0 Å². The molecular formula is C9H7Br2N3OS. The van der Waals surface area contributed by atoms with E-state index in [9.17, 15) is 0 Å². The molecule has 0 aliphatic rings. The summed E-state index contributed by atoms with van der Waals surface area (Å²) >= 11 is 12.0. The zero-order valence-corrected chi connectivity index (χ0v) is 12.2. The number of aromatic nitrogens is 3. The lowest BCUT2D eigenvalue weighted by molar-refractivity contribution is 0.412. The molecule has 0 aliphatic heterocycles. The van der Waals surface area contributed by atoms with Crippen molar-refractivity contribution >= 4 is 44.1 Å². The van der Waals surface area contributed by atoms with Gasteiger partial charge in [0.2, 0.25) is 0 Å². The van der Waals surface area contributed by atoms with Gasteiger partial charge in [0.1, 0.15) is 12.1 Å². The summed E-state index contributed by atoms with van der Waals surface area (Å²) in [5.41, 5.74) is 0.874. The first kappa shape index (κ1) is 11.8. The molecule has 1 N–H and O–H groups in total. The van der Waals surface area contributed by atoms with E-state index in [4.69, 9.17) is 17.0 Å². The summed E-state index contributed by atoms with van der Waals surface area (Å²) in [5.74, 6) is 0.737. The van der Waals surface area contributed by atoms with E-state index in [0.29, 0.717) is 4.77 Å². The van der Waals surface area contributed by atoms with Gasteiger partial charge in [-0.1, -0.05) is 0 Å². The molecule has 0 aliphatic carbocycles. The van der Waals surface area contributed by atoms with Gasteiger partial charge in [-0.2, -0.15) is 5.10 Å². The number of rotatable bonds is 2. The number of methoxy groups -OCH3 is 1. The van der Waals surface area contributed by atoms with Crippen LogP contribution in [0.1, 0.15) is 0 Å². The van der Waals surface area contributed by atoms with Crippen molar-refractivity contribution in [3.05, 3.63) is 32.2 Å². The maximum atomic E-state index is 5.23. The van der Waals surface area contributed by atoms with Crippen molar-refractivity contribution < 1.29 is 4.74 Å². The molecule has 0 bridgehead atoms. The van der Waals surface area contributed by atoms with E-state index < -0.39 is 0 Å². The monoisotopic (exact) mass is 363 g/mol. The van der Waals surface area contributed by atoms with Crippen molar-refractivity contribution in [3.63, 3.8) is 0 Å². The van der Waals surface area contributed by atoms with Gasteiger partial charge in [0, 0.05) is 10.5 Å². The molecule has 1 heterocycles.